The summed E-state index contributed by atoms with van der Waals surface area (Å²) in [4.78, 5) is 0. The molecule has 0 spiro atoms. The molecule has 0 saturated carbocycles. The largest absolute Gasteiger partial charge is 0.507 e. The molecule has 0 aromatic heterocycles. The molecule has 0 amide bonds. The fraction of sp³-hybridized carbons (Fsp3) is 0.211. The Morgan fingerprint density at radius 2 is 1.73 bits per heavy atom. The lowest BCUT2D eigenvalue weighted by molar-refractivity contribution is 0.318. The van der Waals surface area contributed by atoms with E-state index in [1.807, 2.05) is 56.3 Å². The molecule has 0 fully saturated rings. The lowest BCUT2D eigenvalue weighted by Gasteiger charge is -2.05. The molecule has 0 aliphatic heterocycles. The molecule has 0 atom stereocenters. The summed E-state index contributed by atoms with van der Waals surface area (Å²) >= 11 is 0. The van der Waals surface area contributed by atoms with E-state index in [2.05, 4.69) is 17.3 Å². The second-order valence-corrected chi connectivity index (χ2v) is 5.41. The van der Waals surface area contributed by atoms with Gasteiger partial charge in [-0.3, -0.25) is 0 Å². The third kappa shape index (κ3) is 4.22. The van der Waals surface area contributed by atoms with Crippen LogP contribution in [0.4, 0.5) is 0 Å². The summed E-state index contributed by atoms with van der Waals surface area (Å²) < 4.78 is 0. The maximum Gasteiger partial charge on any atom is 0.121 e. The van der Waals surface area contributed by atoms with Crippen molar-refractivity contribution in [3.63, 3.8) is 0 Å². The fourth-order valence-electron chi connectivity index (χ4n) is 2.36. The van der Waals surface area contributed by atoms with Crippen LogP contribution in [0.1, 0.15) is 28.7 Å². The van der Waals surface area contributed by atoms with Crippen molar-refractivity contribution in [3.05, 3.63) is 70.8 Å². The Kier molecular flexibility index (Phi) is 5.37. The Morgan fingerprint density at radius 3 is 2.32 bits per heavy atom. The molecule has 0 aliphatic carbocycles. The van der Waals surface area contributed by atoms with Crippen LogP contribution < -0.4 is 0 Å². The van der Waals surface area contributed by atoms with E-state index in [4.69, 9.17) is 5.21 Å². The summed E-state index contributed by atoms with van der Waals surface area (Å²) in [5.74, 6) is 0.331. The highest BCUT2D eigenvalue weighted by Crippen LogP contribution is 2.23. The third-order valence-electron chi connectivity index (χ3n) is 3.62. The second kappa shape index (κ2) is 7.46. The van der Waals surface area contributed by atoms with Crippen LogP contribution in [0.5, 0.6) is 5.75 Å². The standard InChI is InChI=1S/C19H21NO2/c1-14-12-17(13-15(2)19(14)21)9-11-18(20-22)10-8-16-6-4-3-5-7-16/h3-7,9,11-13,21-22H,8,10H2,1-2H3. The molecule has 0 unspecified atom stereocenters. The number of aromatic hydroxyl groups is 1. The summed E-state index contributed by atoms with van der Waals surface area (Å²) in [5.41, 5.74) is 4.51. The van der Waals surface area contributed by atoms with Gasteiger partial charge in [0.2, 0.25) is 0 Å². The molecule has 3 heteroatoms. The molecular weight excluding hydrogens is 274 g/mol. The SMILES string of the molecule is Cc1cc(C=CC(CCc2ccccc2)=NO)cc(C)c1O. The minimum absolute atomic E-state index is 0.331. The quantitative estimate of drug-likeness (QED) is 0.485. The highest BCUT2D eigenvalue weighted by atomic mass is 16.4. The first-order valence-electron chi connectivity index (χ1n) is 7.33. The van der Waals surface area contributed by atoms with Gasteiger partial charge in [-0.05, 0) is 67.2 Å². The molecule has 2 aromatic rings. The van der Waals surface area contributed by atoms with Crippen molar-refractivity contribution in [1.82, 2.24) is 0 Å². The summed E-state index contributed by atoms with van der Waals surface area (Å²) in [7, 11) is 0. The van der Waals surface area contributed by atoms with Crippen molar-refractivity contribution in [2.24, 2.45) is 5.16 Å². The van der Waals surface area contributed by atoms with Gasteiger partial charge in [-0.2, -0.15) is 0 Å². The van der Waals surface area contributed by atoms with Gasteiger partial charge >= 0.3 is 0 Å². The molecule has 0 heterocycles. The van der Waals surface area contributed by atoms with Gasteiger partial charge in [-0.15, -0.1) is 0 Å². The van der Waals surface area contributed by atoms with Gasteiger partial charge in [0.15, 0.2) is 0 Å². The number of hydrogen-bond acceptors (Lipinski definition) is 3. The molecule has 0 saturated heterocycles. The zero-order valence-electron chi connectivity index (χ0n) is 13.0. The number of benzene rings is 2. The first-order valence-corrected chi connectivity index (χ1v) is 7.33. The molecule has 22 heavy (non-hydrogen) atoms. The number of oxime groups is 1. The Labute approximate surface area is 131 Å². The van der Waals surface area contributed by atoms with E-state index < -0.39 is 0 Å². The third-order valence-corrected chi connectivity index (χ3v) is 3.62. The highest BCUT2D eigenvalue weighted by molar-refractivity contribution is 5.98. The number of hydrogen-bond donors (Lipinski definition) is 2. The van der Waals surface area contributed by atoms with Crippen molar-refractivity contribution in [2.75, 3.05) is 0 Å². The average molecular weight is 295 g/mol. The van der Waals surface area contributed by atoms with Crippen molar-refractivity contribution in [2.45, 2.75) is 26.7 Å². The summed E-state index contributed by atoms with van der Waals surface area (Å²) in [6, 6.07) is 13.9. The highest BCUT2D eigenvalue weighted by Gasteiger charge is 2.02. The topological polar surface area (TPSA) is 52.8 Å². The molecule has 0 aliphatic rings. The van der Waals surface area contributed by atoms with E-state index in [9.17, 15) is 5.11 Å². The first kappa shape index (κ1) is 15.8. The minimum Gasteiger partial charge on any atom is -0.507 e. The Hall–Kier alpha value is -2.55. The first-order chi connectivity index (χ1) is 10.6. The predicted octanol–water partition coefficient (Wildman–Crippen LogP) is 4.49. The van der Waals surface area contributed by atoms with E-state index in [0.29, 0.717) is 17.9 Å². The number of rotatable bonds is 5. The van der Waals surface area contributed by atoms with Crippen LogP contribution in [0.15, 0.2) is 53.7 Å². The van der Waals surface area contributed by atoms with Crippen LogP contribution >= 0.6 is 0 Å². The normalized spacial score (nSPS) is 12.0. The van der Waals surface area contributed by atoms with Crippen molar-refractivity contribution in [3.8, 4) is 5.75 Å². The number of nitrogens with zero attached hydrogens (tertiary/aromatic N) is 1. The molecule has 114 valence electrons. The lowest BCUT2D eigenvalue weighted by Crippen LogP contribution is -1.97. The smallest absolute Gasteiger partial charge is 0.121 e. The maximum absolute atomic E-state index is 9.78. The van der Waals surface area contributed by atoms with Crippen molar-refractivity contribution in [1.29, 1.82) is 0 Å². The van der Waals surface area contributed by atoms with Gasteiger partial charge in [0.05, 0.1) is 5.71 Å². The van der Waals surface area contributed by atoms with E-state index in [0.717, 1.165) is 23.1 Å². The number of allylic oxidation sites excluding steroid dienone is 1. The molecule has 2 N–H and O–H groups in total. The Bertz CT molecular complexity index is 665. The maximum atomic E-state index is 9.78. The fourth-order valence-corrected chi connectivity index (χ4v) is 2.36. The minimum atomic E-state index is 0.331. The monoisotopic (exact) mass is 295 g/mol. The van der Waals surface area contributed by atoms with Crippen molar-refractivity contribution >= 4 is 11.8 Å². The second-order valence-electron chi connectivity index (χ2n) is 5.41. The number of phenols is 1. The van der Waals surface area contributed by atoms with E-state index in [1.165, 1.54) is 5.56 Å². The summed E-state index contributed by atoms with van der Waals surface area (Å²) in [6.07, 6.45) is 5.22. The molecule has 3 nitrogen and oxygen atoms in total. The Morgan fingerprint density at radius 1 is 1.09 bits per heavy atom. The van der Waals surface area contributed by atoms with E-state index in [1.54, 1.807) is 0 Å². The summed E-state index contributed by atoms with van der Waals surface area (Å²) in [6.45, 7) is 3.74. The zero-order chi connectivity index (χ0) is 15.9. The van der Waals surface area contributed by atoms with Gasteiger partial charge < -0.3 is 10.3 Å². The van der Waals surface area contributed by atoms with E-state index >= 15 is 0 Å². The molecule has 2 rings (SSSR count). The van der Waals surface area contributed by atoms with Crippen LogP contribution in [-0.4, -0.2) is 16.0 Å². The summed E-state index contributed by atoms with van der Waals surface area (Å²) in [5, 5.41) is 22.3. The van der Waals surface area contributed by atoms with Crippen LogP contribution in [0, 0.1) is 13.8 Å². The molecular formula is C19H21NO2. The zero-order valence-corrected chi connectivity index (χ0v) is 13.0. The van der Waals surface area contributed by atoms with Gasteiger partial charge in [0.1, 0.15) is 5.75 Å². The number of aryl methyl sites for hydroxylation is 3. The van der Waals surface area contributed by atoms with Gasteiger partial charge in [-0.1, -0.05) is 41.6 Å². The average Bonchev–Trinajstić information content (AvgIpc) is 2.53. The Balaban J connectivity index is 2.04. The van der Waals surface area contributed by atoms with Crippen LogP contribution in [0.2, 0.25) is 0 Å². The predicted molar refractivity (Wildman–Crippen MR) is 90.6 cm³/mol. The van der Waals surface area contributed by atoms with Crippen molar-refractivity contribution < 1.29 is 10.3 Å². The van der Waals surface area contributed by atoms with E-state index in [-0.39, 0.29) is 0 Å². The van der Waals surface area contributed by atoms with Crippen LogP contribution in [-0.2, 0) is 6.42 Å². The van der Waals surface area contributed by atoms with Gasteiger partial charge in [0.25, 0.3) is 0 Å². The molecule has 0 radical (unpaired) electrons. The molecule has 2 aromatic carbocycles. The lowest BCUT2D eigenvalue weighted by atomic mass is 10.0. The van der Waals surface area contributed by atoms with Gasteiger partial charge in [0, 0.05) is 0 Å². The number of phenolic OH excluding ortho intramolecular Hbond substituents is 1. The van der Waals surface area contributed by atoms with Gasteiger partial charge in [-0.25, -0.2) is 0 Å². The van der Waals surface area contributed by atoms with Crippen LogP contribution in [0.25, 0.3) is 6.08 Å². The van der Waals surface area contributed by atoms with Crippen LogP contribution in [0.3, 0.4) is 0 Å². The molecule has 0 bridgehead atoms.